The zero-order valence-electron chi connectivity index (χ0n) is 22.6. The first-order chi connectivity index (χ1) is 19.7. The average molecular weight is 570 g/mol. The van der Waals surface area contributed by atoms with Gasteiger partial charge in [0, 0.05) is 40.9 Å². The number of ether oxygens (including phenoxy) is 1. The maximum Gasteiger partial charge on any atom is 0.288 e. The Balaban J connectivity index is 1.51. The number of anilines is 2. The van der Waals surface area contributed by atoms with Crippen LogP contribution in [0.4, 0.5) is 15.8 Å². The number of aromatic hydroxyl groups is 1. The van der Waals surface area contributed by atoms with Gasteiger partial charge in [0.2, 0.25) is 0 Å². The summed E-state index contributed by atoms with van der Waals surface area (Å²) in [6, 6.07) is 17.7. The first kappa shape index (κ1) is 26.7. The summed E-state index contributed by atoms with van der Waals surface area (Å²) in [5.41, 5.74) is 2.15. The Morgan fingerprint density at radius 3 is 2.68 bits per heavy atom. The highest BCUT2D eigenvalue weighted by Gasteiger charge is 2.45. The second-order valence-electron chi connectivity index (χ2n) is 11.0. The highest BCUT2D eigenvalue weighted by atomic mass is 32.1. The van der Waals surface area contributed by atoms with E-state index in [9.17, 15) is 14.7 Å². The molecule has 0 bridgehead atoms. The fraction of sp³-hybridized carbons (Fsp3) is 0.219. The van der Waals surface area contributed by atoms with Crippen LogP contribution in [0.1, 0.15) is 53.7 Å². The third-order valence-electron chi connectivity index (χ3n) is 7.36. The molecule has 0 radical (unpaired) electrons. The largest absolute Gasteiger partial charge is 0.506 e. The molecule has 208 valence electrons. The first-order valence-corrected chi connectivity index (χ1v) is 14.1. The Kier molecular flexibility index (Phi) is 6.83. The highest BCUT2D eigenvalue weighted by molar-refractivity contribution is 7.11. The lowest BCUT2D eigenvalue weighted by atomic mass is 9.73. The number of benzene rings is 3. The summed E-state index contributed by atoms with van der Waals surface area (Å²) < 4.78 is 22.0. The van der Waals surface area contributed by atoms with Gasteiger partial charge in [0.15, 0.2) is 10.8 Å². The van der Waals surface area contributed by atoms with Crippen molar-refractivity contribution in [1.82, 2.24) is 4.98 Å². The smallest absolute Gasteiger partial charge is 0.288 e. The number of halogens is 1. The number of Topliss-reactive ketones (excluding diaryl/α,β-unsaturated/α-hetero) is 1. The van der Waals surface area contributed by atoms with Gasteiger partial charge in [0.1, 0.15) is 29.6 Å². The van der Waals surface area contributed by atoms with E-state index in [1.165, 1.54) is 23.2 Å². The van der Waals surface area contributed by atoms with E-state index in [1.807, 2.05) is 44.2 Å². The Labute approximate surface area is 240 Å². The molecule has 6 rings (SSSR count). The predicted octanol–water partition coefficient (Wildman–Crippen LogP) is 7.02. The number of amides is 1. The van der Waals surface area contributed by atoms with Crippen molar-refractivity contribution in [3.63, 3.8) is 0 Å². The number of hydrogen-bond donors (Lipinski definition) is 2. The van der Waals surface area contributed by atoms with Crippen molar-refractivity contribution in [2.75, 3.05) is 10.2 Å². The van der Waals surface area contributed by atoms with Gasteiger partial charge < -0.3 is 15.2 Å². The highest BCUT2D eigenvalue weighted by Crippen LogP contribution is 2.51. The van der Waals surface area contributed by atoms with Gasteiger partial charge >= 0.3 is 0 Å². The van der Waals surface area contributed by atoms with Crippen molar-refractivity contribution in [3.05, 3.63) is 112 Å². The van der Waals surface area contributed by atoms with Crippen LogP contribution in [0, 0.1) is 11.2 Å². The number of phenols is 1. The second kappa shape index (κ2) is 10.5. The molecule has 1 aliphatic carbocycles. The summed E-state index contributed by atoms with van der Waals surface area (Å²) in [6.07, 6.45) is 2.22. The molecule has 41 heavy (non-hydrogen) atoms. The van der Waals surface area contributed by atoms with Gasteiger partial charge in [-0.15, -0.1) is 11.3 Å². The third-order valence-corrected chi connectivity index (χ3v) is 8.12. The van der Waals surface area contributed by atoms with Crippen LogP contribution in [0.3, 0.4) is 0 Å². The molecule has 0 fully saturated rings. The number of carbonyl (C=O) groups excluding carboxylic acids is 2. The van der Waals surface area contributed by atoms with Crippen LogP contribution < -0.4 is 15.0 Å². The lowest BCUT2D eigenvalue weighted by Crippen LogP contribution is -2.40. The number of rotatable bonds is 5. The third kappa shape index (κ3) is 5.09. The number of aromatic nitrogens is 1. The van der Waals surface area contributed by atoms with Crippen molar-refractivity contribution in [3.8, 4) is 11.5 Å². The first-order valence-electron chi connectivity index (χ1n) is 13.3. The second-order valence-corrected chi connectivity index (χ2v) is 11.9. The molecule has 1 atom stereocenters. The topological polar surface area (TPSA) is 91.8 Å². The van der Waals surface area contributed by atoms with E-state index in [-0.39, 0.29) is 46.2 Å². The quantitative estimate of drug-likeness (QED) is 0.251. The molecule has 1 aliphatic heterocycles. The van der Waals surface area contributed by atoms with E-state index in [0.717, 1.165) is 16.9 Å². The molecule has 2 heterocycles. The van der Waals surface area contributed by atoms with Crippen molar-refractivity contribution >= 4 is 34.4 Å². The number of allylic oxidation sites excluding steroid dienone is 1. The summed E-state index contributed by atoms with van der Waals surface area (Å²) >= 11 is 1.15. The lowest BCUT2D eigenvalue weighted by molar-refractivity contribution is -0.118. The molecule has 2 N–H and O–H groups in total. The van der Waals surface area contributed by atoms with Crippen LogP contribution in [0.2, 0.25) is 0 Å². The number of carbonyl (C=O) groups is 2. The van der Waals surface area contributed by atoms with Crippen LogP contribution in [-0.2, 0) is 11.4 Å². The number of ketones is 1. The van der Waals surface area contributed by atoms with E-state index >= 15 is 4.39 Å². The number of thiazole rings is 1. The Morgan fingerprint density at radius 2 is 1.95 bits per heavy atom. The maximum atomic E-state index is 16.1. The van der Waals surface area contributed by atoms with Crippen LogP contribution >= 0.6 is 11.3 Å². The number of nitrogens with zero attached hydrogens (tertiary/aromatic N) is 2. The van der Waals surface area contributed by atoms with Crippen LogP contribution in [0.15, 0.2) is 89.6 Å². The molecule has 9 heteroatoms. The number of fused-ring (bicyclic) bond motifs is 1. The molecule has 1 unspecified atom stereocenters. The van der Waals surface area contributed by atoms with Crippen molar-refractivity contribution in [2.45, 2.75) is 39.3 Å². The normalized spacial score (nSPS) is 17.8. The minimum absolute atomic E-state index is 0.0899. The maximum absolute atomic E-state index is 16.1. The zero-order valence-corrected chi connectivity index (χ0v) is 23.4. The molecule has 3 aromatic carbocycles. The van der Waals surface area contributed by atoms with Crippen molar-refractivity contribution < 1.29 is 23.8 Å². The van der Waals surface area contributed by atoms with E-state index in [0.29, 0.717) is 29.1 Å². The van der Waals surface area contributed by atoms with Crippen molar-refractivity contribution in [2.24, 2.45) is 5.41 Å². The van der Waals surface area contributed by atoms with Crippen molar-refractivity contribution in [1.29, 1.82) is 0 Å². The molecule has 4 aromatic rings. The minimum atomic E-state index is -1.11. The number of hydrogen-bond acceptors (Lipinski definition) is 7. The van der Waals surface area contributed by atoms with E-state index < -0.39 is 17.8 Å². The van der Waals surface area contributed by atoms with Gasteiger partial charge in [-0.25, -0.2) is 9.37 Å². The van der Waals surface area contributed by atoms with Gasteiger partial charge in [-0.05, 0) is 41.7 Å². The van der Waals surface area contributed by atoms with Gasteiger partial charge in [-0.1, -0.05) is 50.2 Å². The Hall–Kier alpha value is -4.50. The summed E-state index contributed by atoms with van der Waals surface area (Å²) in [5, 5.41) is 16.0. The number of phenolic OH excluding ortho intramolecular Hbond substituents is 1. The van der Waals surface area contributed by atoms with Gasteiger partial charge in [0.05, 0.1) is 11.7 Å². The Morgan fingerprint density at radius 1 is 1.15 bits per heavy atom. The summed E-state index contributed by atoms with van der Waals surface area (Å²) in [6.45, 7) is 4.23. The molecular weight excluding hydrogens is 541 g/mol. The van der Waals surface area contributed by atoms with Crippen LogP contribution in [-0.4, -0.2) is 21.8 Å². The van der Waals surface area contributed by atoms with Gasteiger partial charge in [-0.3, -0.25) is 14.5 Å². The Bertz CT molecular complexity index is 1670. The van der Waals surface area contributed by atoms with Gasteiger partial charge in [0.25, 0.3) is 5.91 Å². The molecule has 2 aliphatic rings. The average Bonchev–Trinajstić information content (AvgIpc) is 3.43. The molecule has 1 amide bonds. The van der Waals surface area contributed by atoms with Crippen LogP contribution in [0.25, 0.3) is 0 Å². The molecule has 0 saturated heterocycles. The summed E-state index contributed by atoms with van der Waals surface area (Å²) in [4.78, 5) is 33.5. The van der Waals surface area contributed by atoms with E-state index in [1.54, 1.807) is 29.6 Å². The predicted molar refractivity (Wildman–Crippen MR) is 156 cm³/mol. The molecule has 7 nitrogen and oxygen atoms in total. The number of para-hydroxylation sites is 1. The van der Waals surface area contributed by atoms with Gasteiger partial charge in [-0.2, -0.15) is 0 Å². The van der Waals surface area contributed by atoms with E-state index in [4.69, 9.17) is 4.74 Å². The monoisotopic (exact) mass is 569 g/mol. The van der Waals surface area contributed by atoms with E-state index in [2.05, 4.69) is 10.3 Å². The molecule has 1 aromatic heterocycles. The van der Waals surface area contributed by atoms with Crippen LogP contribution in [0.5, 0.6) is 11.5 Å². The zero-order chi connectivity index (χ0) is 28.7. The fourth-order valence-electron chi connectivity index (χ4n) is 5.55. The SMILES string of the molecule is CC1(C)CC(=O)C2=C(C1)Nc1c(O)cccc1N(C(=O)c1nccs1)C2c1ccc(OCc2ccccc2)cc1F. The molecule has 0 saturated carbocycles. The summed E-state index contributed by atoms with van der Waals surface area (Å²) in [7, 11) is 0. The minimum Gasteiger partial charge on any atom is -0.506 e. The molecular formula is C32H28FN3O4S. The molecule has 0 spiro atoms. The standard InChI is InChI=1S/C32H28FN3O4S/c1-32(2)16-23-27(26(38)17-32)29(21-12-11-20(15-22(21)33)40-18-19-7-4-3-5-8-19)36(31(39)30-34-13-14-41-30)24-9-6-10-25(37)28(24)35-23/h3-15,29,35,37H,16-18H2,1-2H3. The summed E-state index contributed by atoms with van der Waals surface area (Å²) in [5.74, 6) is -1.09. The fourth-order valence-corrected chi connectivity index (χ4v) is 6.12. The number of nitrogens with one attached hydrogen (secondary N) is 1. The lowest BCUT2D eigenvalue weighted by Gasteiger charge is -2.37.